The number of hydrogen-bond acceptors (Lipinski definition) is 0. The highest BCUT2D eigenvalue weighted by Gasteiger charge is 2.93. The maximum absolute atomic E-state index is 12.8. The van der Waals surface area contributed by atoms with Crippen molar-refractivity contribution in [2.45, 2.75) is 33.8 Å². The van der Waals surface area contributed by atoms with E-state index in [0.717, 1.165) is 0 Å². The topological polar surface area (TPSA) is 0 Å². The van der Waals surface area contributed by atoms with Crippen LogP contribution in [0.1, 0.15) is 0 Å². The summed E-state index contributed by atoms with van der Waals surface area (Å²) >= 11 is -0.824. The van der Waals surface area contributed by atoms with E-state index in [1.54, 1.807) is 0 Å². The van der Waals surface area contributed by atoms with Crippen molar-refractivity contribution in [3.8, 4) is 0 Å². The van der Waals surface area contributed by atoms with Crippen LogP contribution in [0.15, 0.2) is 0 Å². The molecule has 14 heteroatoms. The van der Waals surface area contributed by atoms with Crippen molar-refractivity contribution in [2.24, 2.45) is 0 Å². The Morgan fingerprint density at radius 1 is 0.450 bits per heavy atom. The van der Waals surface area contributed by atoms with E-state index in [1.165, 1.54) is 0 Å². The molecule has 122 valence electrons. The summed E-state index contributed by atoms with van der Waals surface area (Å²) in [5.74, 6) is -15.1. The van der Waals surface area contributed by atoms with Crippen LogP contribution in [0.4, 0.5) is 57.1 Å². The summed E-state index contributed by atoms with van der Waals surface area (Å²) in [4.78, 5) is 0. The SMILES string of the molecule is FC(F)(F)C(F)(C(F)(F)F)C(F)(F)C(F)(F)C(F)(F)I. The van der Waals surface area contributed by atoms with Crippen molar-refractivity contribution >= 4 is 22.6 Å². The molecule has 0 fully saturated rings. The number of halogens is 14. The Morgan fingerprint density at radius 2 is 0.700 bits per heavy atom. The second kappa shape index (κ2) is 4.66. The maximum atomic E-state index is 12.8. The van der Waals surface area contributed by atoms with Gasteiger partial charge >= 0.3 is 33.8 Å². The van der Waals surface area contributed by atoms with Gasteiger partial charge in [-0.1, -0.05) is 0 Å². The molecule has 0 aliphatic carbocycles. The molecule has 0 nitrogen and oxygen atoms in total. The number of rotatable bonds is 3. The normalized spacial score (nSPS) is 16.5. The van der Waals surface area contributed by atoms with Gasteiger partial charge in [0.25, 0.3) is 0 Å². The van der Waals surface area contributed by atoms with Crippen molar-refractivity contribution in [1.82, 2.24) is 0 Å². The molecule has 0 unspecified atom stereocenters. The van der Waals surface area contributed by atoms with Crippen LogP contribution in [0.5, 0.6) is 0 Å². The molecule has 0 heterocycles. The molecule has 20 heavy (non-hydrogen) atoms. The molecule has 0 aromatic rings. The molecule has 0 bridgehead atoms. The largest absolute Gasteiger partial charge is 0.438 e. The van der Waals surface area contributed by atoms with Gasteiger partial charge in [-0.05, 0) is 0 Å². The molecule has 0 N–H and O–H groups in total. The van der Waals surface area contributed by atoms with Crippen LogP contribution in [0, 0.1) is 0 Å². The Hall–Kier alpha value is -0.180. The Bertz CT molecular complexity index is 343. The van der Waals surface area contributed by atoms with Crippen molar-refractivity contribution in [2.75, 3.05) is 0 Å². The van der Waals surface area contributed by atoms with E-state index in [-0.39, 0.29) is 0 Å². The predicted molar refractivity (Wildman–Crippen MR) is 44.8 cm³/mol. The van der Waals surface area contributed by atoms with Gasteiger partial charge in [0.05, 0.1) is 0 Å². The van der Waals surface area contributed by atoms with Gasteiger partial charge in [0.2, 0.25) is 0 Å². The molecule has 0 radical (unpaired) electrons. The lowest BCUT2D eigenvalue weighted by Gasteiger charge is -2.40. The van der Waals surface area contributed by atoms with Crippen molar-refractivity contribution in [3.63, 3.8) is 0 Å². The minimum atomic E-state index is -7.86. The average Bonchev–Trinajstić information content (AvgIpc) is 2.10. The first kappa shape index (κ1) is 19.8. The highest BCUT2D eigenvalue weighted by atomic mass is 127. The summed E-state index contributed by atoms with van der Waals surface area (Å²) < 4.78 is 153. The molecule has 0 aliphatic heterocycles. The zero-order valence-electron chi connectivity index (χ0n) is 8.29. The first-order valence-corrected chi connectivity index (χ1v) is 4.97. The third kappa shape index (κ3) is 2.51. The number of hydrogen-bond donors (Lipinski definition) is 0. The zero-order chi connectivity index (χ0) is 17.0. The predicted octanol–water partition coefficient (Wildman–Crippen LogP) is 5.12. The molecule has 0 aliphatic rings. The van der Waals surface area contributed by atoms with Crippen LogP contribution in [-0.2, 0) is 0 Å². The monoisotopic (exact) mass is 446 g/mol. The van der Waals surface area contributed by atoms with Crippen molar-refractivity contribution < 1.29 is 57.1 Å². The lowest BCUT2D eigenvalue weighted by molar-refractivity contribution is -0.436. The smallest absolute Gasteiger partial charge is 0.216 e. The summed E-state index contributed by atoms with van der Waals surface area (Å²) in [5, 5.41) is 0. The minimum absolute atomic E-state index is 0.824. The Labute approximate surface area is 114 Å². The van der Waals surface area contributed by atoms with Gasteiger partial charge in [0.1, 0.15) is 0 Å². The lowest BCUT2D eigenvalue weighted by Crippen LogP contribution is -2.72. The molecule has 0 amide bonds. The van der Waals surface area contributed by atoms with Crippen LogP contribution < -0.4 is 0 Å². The molecule has 0 saturated carbocycles. The van der Waals surface area contributed by atoms with E-state index >= 15 is 0 Å². The van der Waals surface area contributed by atoms with E-state index in [4.69, 9.17) is 0 Å². The first-order valence-electron chi connectivity index (χ1n) is 3.90. The summed E-state index contributed by atoms with van der Waals surface area (Å²) in [6.07, 6.45) is -15.2. The van der Waals surface area contributed by atoms with Crippen LogP contribution >= 0.6 is 22.6 Å². The van der Waals surface area contributed by atoms with E-state index in [9.17, 15) is 57.1 Å². The maximum Gasteiger partial charge on any atom is 0.438 e. The highest BCUT2D eigenvalue weighted by Crippen LogP contribution is 2.62. The van der Waals surface area contributed by atoms with Crippen LogP contribution in [0.3, 0.4) is 0 Å². The van der Waals surface area contributed by atoms with Crippen molar-refractivity contribution in [3.05, 3.63) is 0 Å². The number of alkyl halides is 14. The molecular formula is C6F13I. The van der Waals surface area contributed by atoms with E-state index in [0.29, 0.717) is 0 Å². The standard InChI is InChI=1S/C6F13I/c7-1(4(12,13)14,5(15,16)17)2(8,9)3(10,11)6(18,19)20. The van der Waals surface area contributed by atoms with Gasteiger partial charge in [-0.2, -0.15) is 52.7 Å². The molecule has 0 rings (SSSR count). The van der Waals surface area contributed by atoms with Gasteiger partial charge in [0.15, 0.2) is 0 Å². The first-order chi connectivity index (χ1) is 8.25. The van der Waals surface area contributed by atoms with Gasteiger partial charge < -0.3 is 0 Å². The quantitative estimate of drug-likeness (QED) is 0.321. The molecule has 0 atom stereocenters. The Kier molecular flexibility index (Phi) is 4.62. The second-order valence-corrected chi connectivity index (χ2v) is 4.66. The summed E-state index contributed by atoms with van der Waals surface area (Å²) in [6.45, 7) is 0. The highest BCUT2D eigenvalue weighted by molar-refractivity contribution is 14.1. The average molecular weight is 446 g/mol. The van der Waals surface area contributed by atoms with Crippen LogP contribution in [-0.4, -0.2) is 33.8 Å². The molecule has 0 spiro atoms. The second-order valence-electron chi connectivity index (χ2n) is 3.30. The third-order valence-electron chi connectivity index (χ3n) is 1.96. The fraction of sp³-hybridized carbons (Fsp3) is 1.00. The van der Waals surface area contributed by atoms with Gasteiger partial charge in [-0.25, -0.2) is 4.39 Å². The van der Waals surface area contributed by atoms with Crippen molar-refractivity contribution in [1.29, 1.82) is 0 Å². The van der Waals surface area contributed by atoms with Gasteiger partial charge in [0, 0.05) is 22.6 Å². The molecule has 0 aromatic heterocycles. The van der Waals surface area contributed by atoms with E-state index in [1.807, 2.05) is 0 Å². The Morgan fingerprint density at radius 3 is 0.850 bits per heavy atom. The lowest BCUT2D eigenvalue weighted by atomic mass is 9.91. The van der Waals surface area contributed by atoms with Crippen LogP contribution in [0.2, 0.25) is 0 Å². The zero-order valence-corrected chi connectivity index (χ0v) is 10.4. The van der Waals surface area contributed by atoms with E-state index < -0.39 is 56.4 Å². The van der Waals surface area contributed by atoms with Crippen LogP contribution in [0.25, 0.3) is 0 Å². The minimum Gasteiger partial charge on any atom is -0.216 e. The van der Waals surface area contributed by atoms with Gasteiger partial charge in [-0.15, -0.1) is 0 Å². The fourth-order valence-corrected chi connectivity index (χ4v) is 1.25. The Balaban J connectivity index is 6.38. The molecule has 0 aromatic carbocycles. The summed E-state index contributed by atoms with van der Waals surface area (Å²) in [5.41, 5.74) is -7.86. The summed E-state index contributed by atoms with van der Waals surface area (Å²) in [7, 11) is 0. The third-order valence-corrected chi connectivity index (χ3v) is 2.64. The fourth-order valence-electron chi connectivity index (χ4n) is 0.911. The molecule has 0 saturated heterocycles. The summed E-state index contributed by atoms with van der Waals surface area (Å²) in [6, 6.07) is 0. The van der Waals surface area contributed by atoms with Gasteiger partial charge in [-0.3, -0.25) is 0 Å². The molecular weight excluding hydrogens is 446 g/mol. The van der Waals surface area contributed by atoms with E-state index in [2.05, 4.69) is 0 Å².